The molecule has 1 aliphatic carbocycles. The summed E-state index contributed by atoms with van der Waals surface area (Å²) in [5.41, 5.74) is 4.08. The third-order valence-corrected chi connectivity index (χ3v) is 5.63. The molecule has 2 nitrogen and oxygen atoms in total. The van der Waals surface area contributed by atoms with Crippen LogP contribution in [0.25, 0.3) is 0 Å². The van der Waals surface area contributed by atoms with Crippen molar-refractivity contribution in [2.75, 3.05) is 13.2 Å². The molecule has 0 unspecified atom stereocenters. The van der Waals surface area contributed by atoms with Crippen molar-refractivity contribution >= 4 is 0 Å². The zero-order valence-corrected chi connectivity index (χ0v) is 16.4. The summed E-state index contributed by atoms with van der Waals surface area (Å²) in [5, 5.41) is 0. The van der Waals surface area contributed by atoms with Crippen LogP contribution in [0, 0.1) is 31.4 Å². The minimum Gasteiger partial charge on any atom is -0.491 e. The lowest BCUT2D eigenvalue weighted by molar-refractivity contribution is 0.191. The van der Waals surface area contributed by atoms with Gasteiger partial charge in [-0.1, -0.05) is 18.2 Å². The highest BCUT2D eigenvalue weighted by Crippen LogP contribution is 2.37. The van der Waals surface area contributed by atoms with Crippen molar-refractivity contribution in [1.82, 2.24) is 0 Å². The lowest BCUT2D eigenvalue weighted by atomic mass is 9.78. The minimum atomic E-state index is -0.979. The maximum Gasteiger partial charge on any atom is 0.204 e. The molecule has 0 aliphatic heterocycles. The Morgan fingerprint density at radius 2 is 1.48 bits per heavy atom. The van der Waals surface area contributed by atoms with E-state index in [4.69, 9.17) is 9.47 Å². The Hall–Kier alpha value is -2.10. The first-order chi connectivity index (χ1) is 13.0. The van der Waals surface area contributed by atoms with Gasteiger partial charge >= 0.3 is 0 Å². The molecule has 0 amide bonds. The molecule has 0 bridgehead atoms. The van der Waals surface area contributed by atoms with Gasteiger partial charge in [0, 0.05) is 0 Å². The highest BCUT2D eigenvalue weighted by molar-refractivity contribution is 5.35. The zero-order valence-electron chi connectivity index (χ0n) is 16.4. The molecule has 0 spiro atoms. The quantitative estimate of drug-likeness (QED) is 0.588. The molecule has 0 heterocycles. The number of hydrogen-bond donors (Lipinski definition) is 0. The highest BCUT2D eigenvalue weighted by atomic mass is 19.2. The summed E-state index contributed by atoms with van der Waals surface area (Å²) in [6.07, 6.45) is 4.30. The molecule has 4 heteroatoms. The molecule has 0 saturated heterocycles. The van der Waals surface area contributed by atoms with E-state index in [-0.39, 0.29) is 11.5 Å². The van der Waals surface area contributed by atoms with Crippen molar-refractivity contribution in [2.45, 2.75) is 52.4 Å². The second-order valence-corrected chi connectivity index (χ2v) is 7.50. The molecule has 0 radical (unpaired) electrons. The van der Waals surface area contributed by atoms with Crippen LogP contribution in [0.15, 0.2) is 30.3 Å². The standard InChI is InChI=1S/C23H28F2O2/c1-4-26-20-11-12-21(23(25)22(20)24)27-14-17-6-9-18(10-7-17)19-8-5-15(2)16(3)13-19/h5,8,11-13,17-18H,4,6-7,9-10,14H2,1-3H3. The number of benzene rings is 2. The molecule has 0 N–H and O–H groups in total. The predicted octanol–water partition coefficient (Wildman–Crippen LogP) is 6.33. The topological polar surface area (TPSA) is 18.5 Å². The Kier molecular flexibility index (Phi) is 6.35. The molecule has 27 heavy (non-hydrogen) atoms. The van der Waals surface area contributed by atoms with Crippen molar-refractivity contribution in [1.29, 1.82) is 0 Å². The first-order valence-electron chi connectivity index (χ1n) is 9.80. The van der Waals surface area contributed by atoms with E-state index >= 15 is 0 Å². The Morgan fingerprint density at radius 3 is 2.07 bits per heavy atom. The highest BCUT2D eigenvalue weighted by Gasteiger charge is 2.24. The van der Waals surface area contributed by atoms with Crippen LogP contribution >= 0.6 is 0 Å². The van der Waals surface area contributed by atoms with Gasteiger partial charge in [-0.3, -0.25) is 0 Å². The molecule has 1 fully saturated rings. The molecule has 1 saturated carbocycles. The van der Waals surface area contributed by atoms with Crippen molar-refractivity contribution in [3.05, 3.63) is 58.7 Å². The first kappa shape index (κ1) is 19.7. The Labute approximate surface area is 160 Å². The second kappa shape index (κ2) is 8.73. The SMILES string of the molecule is CCOc1ccc(OCC2CCC(c3ccc(C)c(C)c3)CC2)c(F)c1F. The fourth-order valence-corrected chi connectivity index (χ4v) is 3.78. The second-order valence-electron chi connectivity index (χ2n) is 7.50. The van der Waals surface area contributed by atoms with Crippen LogP contribution in [0.5, 0.6) is 11.5 Å². The van der Waals surface area contributed by atoms with Gasteiger partial charge in [0.15, 0.2) is 11.5 Å². The molecular weight excluding hydrogens is 346 g/mol. The summed E-state index contributed by atoms with van der Waals surface area (Å²) >= 11 is 0. The molecule has 2 aromatic rings. The number of hydrogen-bond acceptors (Lipinski definition) is 2. The van der Waals surface area contributed by atoms with E-state index in [0.717, 1.165) is 25.7 Å². The molecule has 2 aromatic carbocycles. The van der Waals surface area contributed by atoms with Gasteiger partial charge in [-0.2, -0.15) is 8.78 Å². The maximum absolute atomic E-state index is 14.1. The average Bonchev–Trinajstić information content (AvgIpc) is 2.68. The average molecular weight is 374 g/mol. The van der Waals surface area contributed by atoms with Crippen molar-refractivity contribution < 1.29 is 18.3 Å². The Bertz CT molecular complexity index is 780. The Morgan fingerprint density at radius 1 is 0.852 bits per heavy atom. The summed E-state index contributed by atoms with van der Waals surface area (Å²) in [6, 6.07) is 9.61. The van der Waals surface area contributed by atoms with Gasteiger partial charge in [0.25, 0.3) is 0 Å². The van der Waals surface area contributed by atoms with Crippen LogP contribution in [0.3, 0.4) is 0 Å². The van der Waals surface area contributed by atoms with E-state index in [1.807, 2.05) is 0 Å². The third kappa shape index (κ3) is 4.60. The fourth-order valence-electron chi connectivity index (χ4n) is 3.78. The smallest absolute Gasteiger partial charge is 0.204 e. The van der Waals surface area contributed by atoms with Crippen LogP contribution < -0.4 is 9.47 Å². The van der Waals surface area contributed by atoms with Crippen molar-refractivity contribution in [2.24, 2.45) is 5.92 Å². The fraction of sp³-hybridized carbons (Fsp3) is 0.478. The number of aryl methyl sites for hydroxylation is 2. The molecule has 1 aliphatic rings. The summed E-state index contributed by atoms with van der Waals surface area (Å²) in [4.78, 5) is 0. The summed E-state index contributed by atoms with van der Waals surface area (Å²) in [6.45, 7) is 6.74. The van der Waals surface area contributed by atoms with E-state index in [1.54, 1.807) is 6.92 Å². The van der Waals surface area contributed by atoms with Gasteiger partial charge in [-0.05, 0) is 87.1 Å². The summed E-state index contributed by atoms with van der Waals surface area (Å²) in [5.74, 6) is -1.09. The maximum atomic E-state index is 14.1. The molecular formula is C23H28F2O2. The molecule has 0 atom stereocenters. The van der Waals surface area contributed by atoms with Crippen LogP contribution in [-0.2, 0) is 0 Å². The van der Waals surface area contributed by atoms with Gasteiger partial charge in [0.2, 0.25) is 11.6 Å². The third-order valence-electron chi connectivity index (χ3n) is 5.63. The van der Waals surface area contributed by atoms with Crippen LogP contribution in [0.1, 0.15) is 55.2 Å². The minimum absolute atomic E-state index is 0.0350. The summed E-state index contributed by atoms with van der Waals surface area (Å²) in [7, 11) is 0. The molecule has 3 rings (SSSR count). The van der Waals surface area contributed by atoms with E-state index in [2.05, 4.69) is 32.0 Å². The van der Waals surface area contributed by atoms with Gasteiger partial charge in [0.05, 0.1) is 13.2 Å². The van der Waals surface area contributed by atoms with E-state index in [9.17, 15) is 8.78 Å². The van der Waals surface area contributed by atoms with Crippen LogP contribution in [-0.4, -0.2) is 13.2 Å². The lowest BCUT2D eigenvalue weighted by Gasteiger charge is -2.29. The van der Waals surface area contributed by atoms with Gasteiger partial charge in [-0.15, -0.1) is 0 Å². The lowest BCUT2D eigenvalue weighted by Crippen LogP contribution is -2.19. The number of ether oxygens (including phenoxy) is 2. The van der Waals surface area contributed by atoms with E-state index in [0.29, 0.717) is 25.0 Å². The van der Waals surface area contributed by atoms with Gasteiger partial charge in [0.1, 0.15) is 0 Å². The number of halogens is 2. The monoisotopic (exact) mass is 374 g/mol. The molecule has 0 aromatic heterocycles. The predicted molar refractivity (Wildman–Crippen MR) is 104 cm³/mol. The largest absolute Gasteiger partial charge is 0.491 e. The van der Waals surface area contributed by atoms with Gasteiger partial charge < -0.3 is 9.47 Å². The van der Waals surface area contributed by atoms with Crippen molar-refractivity contribution in [3.63, 3.8) is 0 Å². The normalized spacial score (nSPS) is 19.7. The Balaban J connectivity index is 1.54. The van der Waals surface area contributed by atoms with Crippen LogP contribution in [0.4, 0.5) is 8.78 Å². The van der Waals surface area contributed by atoms with Gasteiger partial charge in [-0.25, -0.2) is 0 Å². The van der Waals surface area contributed by atoms with Crippen molar-refractivity contribution in [3.8, 4) is 11.5 Å². The number of rotatable bonds is 6. The van der Waals surface area contributed by atoms with E-state index < -0.39 is 11.6 Å². The summed E-state index contributed by atoms with van der Waals surface area (Å²) < 4.78 is 38.7. The van der Waals surface area contributed by atoms with Crippen LogP contribution in [0.2, 0.25) is 0 Å². The molecule has 146 valence electrons. The zero-order chi connectivity index (χ0) is 19.4. The van der Waals surface area contributed by atoms with E-state index in [1.165, 1.54) is 28.8 Å². The first-order valence-corrected chi connectivity index (χ1v) is 9.80.